The largest absolute Gasteiger partial charge is 0.496 e. The van der Waals surface area contributed by atoms with Gasteiger partial charge in [0.15, 0.2) is 5.78 Å². The number of carbonyl (C=O) groups is 2. The number of rotatable bonds is 5. The van der Waals surface area contributed by atoms with Gasteiger partial charge >= 0.3 is 5.97 Å². The van der Waals surface area contributed by atoms with E-state index in [4.69, 9.17) is 9.47 Å². The molecule has 0 aliphatic rings. The van der Waals surface area contributed by atoms with Crippen molar-refractivity contribution in [2.75, 3.05) is 13.7 Å². The Labute approximate surface area is 146 Å². The number of nitrogens with zero attached hydrogens (tertiary/aromatic N) is 1. The molecule has 1 heterocycles. The van der Waals surface area contributed by atoms with Gasteiger partial charge in [0, 0.05) is 16.9 Å². The molecule has 1 aromatic heterocycles. The second kappa shape index (κ2) is 7.34. The third kappa shape index (κ3) is 3.47. The number of benzene rings is 1. The molecule has 2 rings (SSSR count). The zero-order valence-corrected chi connectivity index (χ0v) is 15.0. The van der Waals surface area contributed by atoms with Gasteiger partial charge < -0.3 is 9.47 Å². The lowest BCUT2D eigenvalue weighted by molar-refractivity contribution is 0.0524. The van der Waals surface area contributed by atoms with Crippen LogP contribution in [0, 0.1) is 13.8 Å². The molecular formula is C19H21NO5. The first-order chi connectivity index (χ1) is 11.8. The maximum absolute atomic E-state index is 12.9. The molecule has 6 nitrogen and oxygen atoms in total. The maximum atomic E-state index is 12.9. The molecule has 0 radical (unpaired) electrons. The monoisotopic (exact) mass is 343 g/mol. The standard InChI is InChI=1S/C19H21NO5/c1-6-25-19(23)16-10-15(13(4)21)12(3)20(18(16)22)14-7-8-17(24-5)11(2)9-14/h7-10H,6H2,1-5H3. The summed E-state index contributed by atoms with van der Waals surface area (Å²) in [5, 5.41) is 0. The predicted molar refractivity (Wildman–Crippen MR) is 94.0 cm³/mol. The van der Waals surface area contributed by atoms with Crippen LogP contribution in [0.1, 0.15) is 45.8 Å². The molecular weight excluding hydrogens is 322 g/mol. The van der Waals surface area contributed by atoms with Gasteiger partial charge in [-0.15, -0.1) is 0 Å². The molecule has 0 atom stereocenters. The summed E-state index contributed by atoms with van der Waals surface area (Å²) in [5.74, 6) is -0.293. The van der Waals surface area contributed by atoms with Crippen LogP contribution in [-0.2, 0) is 4.74 Å². The SMILES string of the molecule is CCOC(=O)c1cc(C(C)=O)c(C)n(-c2ccc(OC)c(C)c2)c1=O. The zero-order chi connectivity index (χ0) is 18.7. The van der Waals surface area contributed by atoms with Crippen LogP contribution in [0.4, 0.5) is 0 Å². The molecule has 1 aromatic carbocycles. The quantitative estimate of drug-likeness (QED) is 0.616. The molecule has 0 saturated heterocycles. The predicted octanol–water partition coefficient (Wildman–Crippen LogP) is 2.84. The van der Waals surface area contributed by atoms with E-state index in [1.165, 1.54) is 17.6 Å². The number of carbonyl (C=O) groups excluding carboxylic acids is 2. The normalized spacial score (nSPS) is 10.4. The van der Waals surface area contributed by atoms with E-state index < -0.39 is 11.5 Å². The summed E-state index contributed by atoms with van der Waals surface area (Å²) in [4.78, 5) is 37.0. The minimum Gasteiger partial charge on any atom is -0.496 e. The molecule has 0 aliphatic heterocycles. The summed E-state index contributed by atoms with van der Waals surface area (Å²) in [6.45, 7) is 6.72. The summed E-state index contributed by atoms with van der Waals surface area (Å²) in [5.41, 5.74) is 1.47. The van der Waals surface area contributed by atoms with E-state index in [2.05, 4.69) is 0 Å². The van der Waals surface area contributed by atoms with Crippen molar-refractivity contribution in [1.82, 2.24) is 4.57 Å². The van der Waals surface area contributed by atoms with Gasteiger partial charge in [0.25, 0.3) is 5.56 Å². The molecule has 0 bridgehead atoms. The molecule has 0 saturated carbocycles. The Bertz CT molecular complexity index is 895. The van der Waals surface area contributed by atoms with E-state index in [-0.39, 0.29) is 18.0 Å². The van der Waals surface area contributed by atoms with Crippen LogP contribution in [0.5, 0.6) is 5.75 Å². The zero-order valence-electron chi connectivity index (χ0n) is 15.0. The second-order valence-electron chi connectivity index (χ2n) is 5.63. The lowest BCUT2D eigenvalue weighted by atomic mass is 10.1. The minimum absolute atomic E-state index is 0.142. The smallest absolute Gasteiger partial charge is 0.343 e. The van der Waals surface area contributed by atoms with E-state index in [0.29, 0.717) is 22.7 Å². The molecule has 0 unspecified atom stereocenters. The summed E-state index contributed by atoms with van der Waals surface area (Å²) in [6.07, 6.45) is 0. The molecule has 2 aromatic rings. The Hall–Kier alpha value is -2.89. The number of aryl methyl sites for hydroxylation is 1. The summed E-state index contributed by atoms with van der Waals surface area (Å²) >= 11 is 0. The van der Waals surface area contributed by atoms with Crippen molar-refractivity contribution in [3.8, 4) is 11.4 Å². The molecule has 25 heavy (non-hydrogen) atoms. The molecule has 0 fully saturated rings. The van der Waals surface area contributed by atoms with Crippen LogP contribution >= 0.6 is 0 Å². The van der Waals surface area contributed by atoms with Crippen molar-refractivity contribution >= 4 is 11.8 Å². The fraction of sp³-hybridized carbons (Fsp3) is 0.316. The van der Waals surface area contributed by atoms with E-state index in [0.717, 1.165) is 5.56 Å². The summed E-state index contributed by atoms with van der Waals surface area (Å²) in [6, 6.07) is 6.52. The van der Waals surface area contributed by atoms with Crippen molar-refractivity contribution in [3.63, 3.8) is 0 Å². The van der Waals surface area contributed by atoms with Crippen LogP contribution in [0.2, 0.25) is 0 Å². The Morgan fingerprint density at radius 1 is 1.12 bits per heavy atom. The van der Waals surface area contributed by atoms with Gasteiger partial charge in [-0.3, -0.25) is 14.2 Å². The van der Waals surface area contributed by atoms with Crippen molar-refractivity contribution in [2.45, 2.75) is 27.7 Å². The molecule has 0 spiro atoms. The second-order valence-corrected chi connectivity index (χ2v) is 5.63. The van der Waals surface area contributed by atoms with Crippen molar-refractivity contribution < 1.29 is 19.1 Å². The van der Waals surface area contributed by atoms with E-state index >= 15 is 0 Å². The maximum Gasteiger partial charge on any atom is 0.343 e. The lowest BCUT2D eigenvalue weighted by Gasteiger charge is -2.16. The highest BCUT2D eigenvalue weighted by Crippen LogP contribution is 2.22. The Balaban J connectivity index is 2.80. The average Bonchev–Trinajstić information content (AvgIpc) is 2.55. The van der Waals surface area contributed by atoms with Crippen LogP contribution in [0.15, 0.2) is 29.1 Å². The van der Waals surface area contributed by atoms with Crippen LogP contribution in [-0.4, -0.2) is 30.0 Å². The van der Waals surface area contributed by atoms with Gasteiger partial charge in [-0.05, 0) is 57.5 Å². The molecule has 0 N–H and O–H groups in total. The first kappa shape index (κ1) is 18.4. The highest BCUT2D eigenvalue weighted by Gasteiger charge is 2.21. The number of methoxy groups -OCH3 is 1. The lowest BCUT2D eigenvalue weighted by Crippen LogP contribution is -2.29. The number of ketones is 1. The molecule has 0 aliphatic carbocycles. The Kier molecular flexibility index (Phi) is 5.41. The number of ether oxygens (including phenoxy) is 2. The van der Waals surface area contributed by atoms with Gasteiger partial charge in [-0.1, -0.05) is 0 Å². The van der Waals surface area contributed by atoms with Crippen LogP contribution < -0.4 is 10.3 Å². The van der Waals surface area contributed by atoms with Gasteiger partial charge in [0.05, 0.1) is 13.7 Å². The minimum atomic E-state index is -0.742. The third-order valence-electron chi connectivity index (χ3n) is 3.96. The van der Waals surface area contributed by atoms with Crippen LogP contribution in [0.25, 0.3) is 5.69 Å². The van der Waals surface area contributed by atoms with Gasteiger partial charge in [0.2, 0.25) is 0 Å². The molecule has 0 amide bonds. The van der Waals surface area contributed by atoms with Crippen molar-refractivity contribution in [2.24, 2.45) is 0 Å². The first-order valence-corrected chi connectivity index (χ1v) is 7.91. The fourth-order valence-corrected chi connectivity index (χ4v) is 2.73. The van der Waals surface area contributed by atoms with Crippen molar-refractivity contribution in [1.29, 1.82) is 0 Å². The van der Waals surface area contributed by atoms with E-state index in [9.17, 15) is 14.4 Å². The van der Waals surface area contributed by atoms with Crippen LogP contribution in [0.3, 0.4) is 0 Å². The van der Waals surface area contributed by atoms with Gasteiger partial charge in [-0.2, -0.15) is 0 Å². The fourth-order valence-electron chi connectivity index (χ4n) is 2.73. The number of Topliss-reactive ketones (excluding diaryl/α,β-unsaturated/α-hetero) is 1. The number of aromatic nitrogens is 1. The Morgan fingerprint density at radius 3 is 2.32 bits per heavy atom. The number of pyridine rings is 1. The van der Waals surface area contributed by atoms with Gasteiger partial charge in [-0.25, -0.2) is 4.79 Å². The number of hydrogen-bond acceptors (Lipinski definition) is 5. The number of esters is 1. The third-order valence-corrected chi connectivity index (χ3v) is 3.96. The highest BCUT2D eigenvalue weighted by atomic mass is 16.5. The first-order valence-electron chi connectivity index (χ1n) is 7.91. The average molecular weight is 343 g/mol. The topological polar surface area (TPSA) is 74.6 Å². The molecule has 6 heteroatoms. The Morgan fingerprint density at radius 2 is 1.80 bits per heavy atom. The van der Waals surface area contributed by atoms with Gasteiger partial charge in [0.1, 0.15) is 11.3 Å². The molecule has 132 valence electrons. The summed E-state index contributed by atoms with van der Waals surface area (Å²) < 4.78 is 11.5. The highest BCUT2D eigenvalue weighted by molar-refractivity contribution is 5.98. The number of hydrogen-bond donors (Lipinski definition) is 0. The van der Waals surface area contributed by atoms with Crippen molar-refractivity contribution in [3.05, 3.63) is 57.0 Å². The summed E-state index contributed by atoms with van der Waals surface area (Å²) in [7, 11) is 1.56. The van der Waals surface area contributed by atoms with E-state index in [1.54, 1.807) is 39.2 Å². The van der Waals surface area contributed by atoms with E-state index in [1.807, 2.05) is 6.92 Å².